The van der Waals surface area contributed by atoms with Gasteiger partial charge in [-0.3, -0.25) is 9.78 Å². The largest absolute Gasteiger partial charge is 0.347 e. The summed E-state index contributed by atoms with van der Waals surface area (Å²) in [6, 6.07) is -0.513. The molecule has 1 unspecified atom stereocenters. The summed E-state index contributed by atoms with van der Waals surface area (Å²) in [6.07, 6.45) is 2.73. The van der Waals surface area contributed by atoms with Crippen LogP contribution in [0.2, 0.25) is 0 Å². The number of carbonyl (C=O) groups excluding carboxylic acids is 1. The van der Waals surface area contributed by atoms with Crippen LogP contribution >= 0.6 is 0 Å². The number of hydrogen-bond donors (Lipinski definition) is 2. The first-order valence-corrected chi connectivity index (χ1v) is 7.06. The van der Waals surface area contributed by atoms with Gasteiger partial charge in [0.1, 0.15) is 11.6 Å². The van der Waals surface area contributed by atoms with E-state index in [2.05, 4.69) is 24.1 Å². The van der Waals surface area contributed by atoms with E-state index in [-0.39, 0.29) is 22.9 Å². The zero-order chi connectivity index (χ0) is 15.8. The van der Waals surface area contributed by atoms with E-state index in [1.54, 1.807) is 6.92 Å². The minimum atomic E-state index is -0.777. The maximum Gasteiger partial charge on any atom is 0.237 e. The maximum atomic E-state index is 13.6. The summed E-state index contributed by atoms with van der Waals surface area (Å²) in [6.45, 7) is 5.86. The van der Waals surface area contributed by atoms with Crippen molar-refractivity contribution in [3.8, 4) is 0 Å². The predicted molar refractivity (Wildman–Crippen MR) is 75.2 cm³/mol. The van der Waals surface area contributed by atoms with Gasteiger partial charge in [-0.15, -0.1) is 0 Å². The molecule has 1 heterocycles. The lowest BCUT2D eigenvalue weighted by atomic mass is 9.62. The fourth-order valence-corrected chi connectivity index (χ4v) is 2.95. The number of pyridine rings is 1. The molecule has 116 valence electrons. The lowest BCUT2D eigenvalue weighted by molar-refractivity contribution is -0.126. The highest BCUT2D eigenvalue weighted by molar-refractivity contribution is 5.82. The van der Waals surface area contributed by atoms with E-state index in [1.807, 2.05) is 0 Å². The average molecular weight is 297 g/mol. The highest BCUT2D eigenvalue weighted by Crippen LogP contribution is 2.45. The first-order valence-electron chi connectivity index (χ1n) is 7.06. The van der Waals surface area contributed by atoms with Crippen molar-refractivity contribution in [2.45, 2.75) is 45.7 Å². The summed E-state index contributed by atoms with van der Waals surface area (Å²) in [5.74, 6) is -1.70. The molecule has 0 spiro atoms. The fraction of sp³-hybridized carbons (Fsp3) is 0.600. The van der Waals surface area contributed by atoms with Crippen LogP contribution in [0.1, 0.15) is 45.3 Å². The SMILES string of the molecule is C[C@H](NC(=O)C(N)C1CC(C)(C)C1)c1ncc(F)cc1F. The summed E-state index contributed by atoms with van der Waals surface area (Å²) >= 11 is 0. The van der Waals surface area contributed by atoms with Crippen LogP contribution in [0.25, 0.3) is 0 Å². The Morgan fingerprint density at radius 2 is 2.10 bits per heavy atom. The fourth-order valence-electron chi connectivity index (χ4n) is 2.95. The molecule has 1 amide bonds. The molecule has 6 heteroatoms. The summed E-state index contributed by atoms with van der Waals surface area (Å²) in [5, 5.41) is 2.64. The van der Waals surface area contributed by atoms with Crippen LogP contribution in [-0.2, 0) is 4.79 Å². The molecule has 1 aromatic heterocycles. The molecule has 4 nitrogen and oxygen atoms in total. The lowest BCUT2D eigenvalue weighted by Gasteiger charge is -2.45. The molecule has 1 saturated carbocycles. The standard InChI is InChI=1S/C15H21F2N3O/c1-8(13-11(17)4-10(16)7-19-13)20-14(21)12(18)9-5-15(2,3)6-9/h4,7-9,12H,5-6,18H2,1-3H3,(H,20,21)/t8-,12?/m0/s1. The highest BCUT2D eigenvalue weighted by atomic mass is 19.1. The Kier molecular flexibility index (Phi) is 4.27. The van der Waals surface area contributed by atoms with E-state index in [1.165, 1.54) is 0 Å². The first-order chi connectivity index (χ1) is 9.69. The summed E-state index contributed by atoms with van der Waals surface area (Å²) < 4.78 is 26.4. The molecule has 0 radical (unpaired) electrons. The molecule has 21 heavy (non-hydrogen) atoms. The first kappa shape index (κ1) is 15.8. The van der Waals surface area contributed by atoms with Crippen molar-refractivity contribution >= 4 is 5.91 Å². The maximum absolute atomic E-state index is 13.6. The molecule has 1 aliphatic carbocycles. The van der Waals surface area contributed by atoms with E-state index in [4.69, 9.17) is 5.73 Å². The number of nitrogens with two attached hydrogens (primary N) is 1. The molecule has 1 aromatic rings. The Bertz CT molecular complexity index is 540. The van der Waals surface area contributed by atoms with Crippen molar-refractivity contribution in [1.82, 2.24) is 10.3 Å². The van der Waals surface area contributed by atoms with Crippen LogP contribution in [0.15, 0.2) is 12.3 Å². The average Bonchev–Trinajstić information content (AvgIpc) is 2.34. The molecule has 0 aromatic carbocycles. The molecule has 2 atom stereocenters. The molecule has 0 aliphatic heterocycles. The number of amides is 1. The van der Waals surface area contributed by atoms with E-state index in [9.17, 15) is 13.6 Å². The van der Waals surface area contributed by atoms with Gasteiger partial charge in [0.2, 0.25) is 5.91 Å². The van der Waals surface area contributed by atoms with Crippen LogP contribution in [0.3, 0.4) is 0 Å². The number of nitrogens with zero attached hydrogens (tertiary/aromatic N) is 1. The van der Waals surface area contributed by atoms with Gasteiger partial charge in [-0.05, 0) is 31.1 Å². The Hall–Kier alpha value is -1.56. The third-order valence-corrected chi connectivity index (χ3v) is 4.05. The van der Waals surface area contributed by atoms with Crippen LogP contribution < -0.4 is 11.1 Å². The molecular formula is C15H21F2N3O. The van der Waals surface area contributed by atoms with Crippen molar-refractivity contribution in [2.75, 3.05) is 0 Å². The van der Waals surface area contributed by atoms with E-state index < -0.39 is 23.7 Å². The Morgan fingerprint density at radius 3 is 2.62 bits per heavy atom. The molecule has 1 aliphatic rings. The van der Waals surface area contributed by atoms with Crippen LogP contribution in [-0.4, -0.2) is 16.9 Å². The third kappa shape index (κ3) is 3.56. The van der Waals surface area contributed by atoms with Crippen molar-refractivity contribution in [2.24, 2.45) is 17.1 Å². The van der Waals surface area contributed by atoms with Crippen molar-refractivity contribution < 1.29 is 13.6 Å². The zero-order valence-electron chi connectivity index (χ0n) is 12.5. The van der Waals surface area contributed by atoms with Gasteiger partial charge in [-0.2, -0.15) is 0 Å². The molecule has 3 N–H and O–H groups in total. The normalized spacial score (nSPS) is 20.5. The number of carbonyl (C=O) groups is 1. The second-order valence-corrected chi connectivity index (χ2v) is 6.61. The highest BCUT2D eigenvalue weighted by Gasteiger charge is 2.41. The van der Waals surface area contributed by atoms with Crippen molar-refractivity contribution in [3.63, 3.8) is 0 Å². The Balaban J connectivity index is 1.96. The van der Waals surface area contributed by atoms with Gasteiger partial charge in [0.05, 0.1) is 24.0 Å². The predicted octanol–water partition coefficient (Wildman–Crippen LogP) is 2.30. The van der Waals surface area contributed by atoms with Gasteiger partial charge < -0.3 is 11.1 Å². The van der Waals surface area contributed by atoms with Gasteiger partial charge in [0.25, 0.3) is 0 Å². The van der Waals surface area contributed by atoms with E-state index in [0.717, 1.165) is 25.1 Å². The van der Waals surface area contributed by atoms with Crippen LogP contribution in [0.5, 0.6) is 0 Å². The van der Waals surface area contributed by atoms with Gasteiger partial charge in [-0.1, -0.05) is 13.8 Å². The number of aromatic nitrogens is 1. The molecular weight excluding hydrogens is 276 g/mol. The minimum Gasteiger partial charge on any atom is -0.347 e. The molecule has 1 fully saturated rings. The number of hydrogen-bond acceptors (Lipinski definition) is 3. The van der Waals surface area contributed by atoms with E-state index in [0.29, 0.717) is 0 Å². The summed E-state index contributed by atoms with van der Waals surface area (Å²) in [7, 11) is 0. The minimum absolute atomic E-state index is 0.00545. The van der Waals surface area contributed by atoms with E-state index >= 15 is 0 Å². The number of nitrogens with one attached hydrogen (secondary N) is 1. The molecule has 2 rings (SSSR count). The van der Waals surface area contributed by atoms with Gasteiger partial charge in [0, 0.05) is 6.07 Å². The second kappa shape index (κ2) is 5.67. The molecule has 0 bridgehead atoms. The number of halogens is 2. The van der Waals surface area contributed by atoms with Gasteiger partial charge >= 0.3 is 0 Å². The zero-order valence-corrected chi connectivity index (χ0v) is 12.5. The Labute approximate surface area is 123 Å². The van der Waals surface area contributed by atoms with Crippen LogP contribution in [0, 0.1) is 23.0 Å². The van der Waals surface area contributed by atoms with Crippen LogP contribution in [0.4, 0.5) is 8.78 Å². The number of rotatable bonds is 4. The molecule has 0 saturated heterocycles. The van der Waals surface area contributed by atoms with Gasteiger partial charge in [-0.25, -0.2) is 8.78 Å². The smallest absolute Gasteiger partial charge is 0.237 e. The second-order valence-electron chi connectivity index (χ2n) is 6.61. The summed E-state index contributed by atoms with van der Waals surface area (Å²) in [4.78, 5) is 15.8. The quantitative estimate of drug-likeness (QED) is 0.896. The van der Waals surface area contributed by atoms with Crippen molar-refractivity contribution in [1.29, 1.82) is 0 Å². The topological polar surface area (TPSA) is 68.0 Å². The van der Waals surface area contributed by atoms with Crippen molar-refractivity contribution in [3.05, 3.63) is 29.6 Å². The van der Waals surface area contributed by atoms with Gasteiger partial charge in [0.15, 0.2) is 0 Å². The third-order valence-electron chi connectivity index (χ3n) is 4.05. The summed E-state index contributed by atoms with van der Waals surface area (Å²) in [5.41, 5.74) is 6.19. The monoisotopic (exact) mass is 297 g/mol. The lowest BCUT2D eigenvalue weighted by Crippen LogP contribution is -2.52. The Morgan fingerprint density at radius 1 is 1.48 bits per heavy atom.